The summed E-state index contributed by atoms with van der Waals surface area (Å²) in [6.45, 7) is 6.62. The Bertz CT molecular complexity index is 172. The van der Waals surface area contributed by atoms with Gasteiger partial charge in [-0.3, -0.25) is 4.79 Å². The standard InChI is InChI=1S/C10H22N2O2/c1-7(2)8(3)12-10(13)9(11)5-6-14-4/h7-9H,5-6,11H2,1-4H3,(H,12,13). The van der Waals surface area contributed by atoms with E-state index in [1.54, 1.807) is 7.11 Å². The minimum Gasteiger partial charge on any atom is -0.385 e. The van der Waals surface area contributed by atoms with Gasteiger partial charge in [0.1, 0.15) is 0 Å². The molecule has 0 aliphatic rings. The topological polar surface area (TPSA) is 64.3 Å². The lowest BCUT2D eigenvalue weighted by atomic mass is 10.1. The Balaban J connectivity index is 3.82. The van der Waals surface area contributed by atoms with Crippen molar-refractivity contribution in [1.82, 2.24) is 5.32 Å². The molecule has 84 valence electrons. The van der Waals surface area contributed by atoms with Gasteiger partial charge < -0.3 is 15.8 Å². The molecule has 14 heavy (non-hydrogen) atoms. The van der Waals surface area contributed by atoms with Crippen molar-refractivity contribution in [3.05, 3.63) is 0 Å². The molecular formula is C10H22N2O2. The smallest absolute Gasteiger partial charge is 0.237 e. The van der Waals surface area contributed by atoms with Gasteiger partial charge in [-0.1, -0.05) is 13.8 Å². The van der Waals surface area contributed by atoms with E-state index in [4.69, 9.17) is 10.5 Å². The SMILES string of the molecule is COCCC(N)C(=O)NC(C)C(C)C. The van der Waals surface area contributed by atoms with Crippen LogP contribution in [0.5, 0.6) is 0 Å². The molecule has 0 spiro atoms. The Labute approximate surface area is 86.2 Å². The number of methoxy groups -OCH3 is 1. The maximum atomic E-state index is 11.5. The van der Waals surface area contributed by atoms with Crippen molar-refractivity contribution in [3.8, 4) is 0 Å². The summed E-state index contributed by atoms with van der Waals surface area (Å²) in [4.78, 5) is 11.5. The van der Waals surface area contributed by atoms with Crippen LogP contribution in [-0.2, 0) is 9.53 Å². The van der Waals surface area contributed by atoms with Crippen LogP contribution in [-0.4, -0.2) is 31.7 Å². The number of hydrogen-bond acceptors (Lipinski definition) is 3. The van der Waals surface area contributed by atoms with E-state index in [-0.39, 0.29) is 11.9 Å². The molecule has 0 aromatic carbocycles. The van der Waals surface area contributed by atoms with Crippen LogP contribution in [0.4, 0.5) is 0 Å². The largest absolute Gasteiger partial charge is 0.385 e. The Morgan fingerprint density at radius 1 is 1.43 bits per heavy atom. The van der Waals surface area contributed by atoms with Crippen molar-refractivity contribution in [3.63, 3.8) is 0 Å². The maximum absolute atomic E-state index is 11.5. The minimum absolute atomic E-state index is 0.0942. The summed E-state index contributed by atoms with van der Waals surface area (Å²) in [5.74, 6) is 0.330. The zero-order valence-corrected chi connectivity index (χ0v) is 9.54. The molecule has 0 aliphatic heterocycles. The van der Waals surface area contributed by atoms with Crippen molar-refractivity contribution in [1.29, 1.82) is 0 Å². The van der Waals surface area contributed by atoms with Crippen molar-refractivity contribution >= 4 is 5.91 Å². The first-order valence-corrected chi connectivity index (χ1v) is 5.04. The van der Waals surface area contributed by atoms with Gasteiger partial charge in [-0.05, 0) is 19.3 Å². The third kappa shape index (κ3) is 5.19. The highest BCUT2D eigenvalue weighted by Gasteiger charge is 2.16. The molecule has 0 bridgehead atoms. The first-order valence-electron chi connectivity index (χ1n) is 5.04. The highest BCUT2D eigenvalue weighted by Crippen LogP contribution is 2.00. The average Bonchev–Trinajstić information content (AvgIpc) is 2.13. The van der Waals surface area contributed by atoms with Crippen LogP contribution in [0.15, 0.2) is 0 Å². The summed E-state index contributed by atoms with van der Waals surface area (Å²) in [5.41, 5.74) is 5.66. The van der Waals surface area contributed by atoms with Gasteiger partial charge in [0.05, 0.1) is 6.04 Å². The van der Waals surface area contributed by atoms with Crippen LogP contribution in [0.1, 0.15) is 27.2 Å². The molecule has 0 rings (SSSR count). The summed E-state index contributed by atoms with van der Waals surface area (Å²) in [6, 6.07) is -0.299. The van der Waals surface area contributed by atoms with Crippen molar-refractivity contribution < 1.29 is 9.53 Å². The quantitative estimate of drug-likeness (QED) is 0.659. The Kier molecular flexibility index (Phi) is 6.49. The second kappa shape index (κ2) is 6.79. The van der Waals surface area contributed by atoms with E-state index in [1.165, 1.54) is 0 Å². The fraction of sp³-hybridized carbons (Fsp3) is 0.900. The second-order valence-electron chi connectivity index (χ2n) is 3.93. The zero-order chi connectivity index (χ0) is 11.1. The first kappa shape index (κ1) is 13.4. The molecule has 4 heteroatoms. The van der Waals surface area contributed by atoms with E-state index < -0.39 is 6.04 Å². The van der Waals surface area contributed by atoms with Gasteiger partial charge in [0.2, 0.25) is 5.91 Å². The average molecular weight is 202 g/mol. The van der Waals surface area contributed by atoms with Gasteiger partial charge >= 0.3 is 0 Å². The number of ether oxygens (including phenoxy) is 1. The highest BCUT2D eigenvalue weighted by atomic mass is 16.5. The molecule has 0 fully saturated rings. The molecular weight excluding hydrogens is 180 g/mol. The van der Waals surface area contributed by atoms with Crippen molar-refractivity contribution in [2.24, 2.45) is 11.7 Å². The van der Waals surface area contributed by atoms with Gasteiger partial charge in [0, 0.05) is 19.8 Å². The van der Waals surface area contributed by atoms with Gasteiger partial charge in [-0.25, -0.2) is 0 Å². The number of hydrogen-bond donors (Lipinski definition) is 2. The van der Waals surface area contributed by atoms with E-state index >= 15 is 0 Å². The van der Waals surface area contributed by atoms with Crippen LogP contribution in [0.25, 0.3) is 0 Å². The molecule has 0 aliphatic carbocycles. The number of rotatable bonds is 6. The van der Waals surface area contributed by atoms with E-state index in [9.17, 15) is 4.79 Å². The van der Waals surface area contributed by atoms with Crippen LogP contribution in [0, 0.1) is 5.92 Å². The summed E-state index contributed by atoms with van der Waals surface area (Å²) < 4.78 is 4.86. The molecule has 0 saturated carbocycles. The predicted molar refractivity (Wildman–Crippen MR) is 56.9 cm³/mol. The Morgan fingerprint density at radius 3 is 2.43 bits per heavy atom. The Morgan fingerprint density at radius 2 is 2.00 bits per heavy atom. The molecule has 0 radical (unpaired) electrons. The predicted octanol–water partition coefficient (Wildman–Crippen LogP) is 0.511. The van der Waals surface area contributed by atoms with E-state index in [2.05, 4.69) is 19.2 Å². The summed E-state index contributed by atoms with van der Waals surface area (Å²) >= 11 is 0. The molecule has 0 aromatic heterocycles. The van der Waals surface area contributed by atoms with Gasteiger partial charge in [0.15, 0.2) is 0 Å². The van der Waals surface area contributed by atoms with Gasteiger partial charge in [-0.15, -0.1) is 0 Å². The molecule has 4 nitrogen and oxygen atoms in total. The lowest BCUT2D eigenvalue weighted by Gasteiger charge is -2.20. The summed E-state index contributed by atoms with van der Waals surface area (Å²) in [7, 11) is 1.60. The van der Waals surface area contributed by atoms with E-state index in [0.717, 1.165) is 0 Å². The molecule has 1 amide bonds. The van der Waals surface area contributed by atoms with E-state index in [0.29, 0.717) is 18.9 Å². The third-order valence-corrected chi connectivity index (χ3v) is 2.34. The molecule has 0 aromatic rings. The Hall–Kier alpha value is -0.610. The first-order chi connectivity index (χ1) is 6.49. The molecule has 0 heterocycles. The second-order valence-corrected chi connectivity index (χ2v) is 3.93. The minimum atomic E-state index is -0.462. The van der Waals surface area contributed by atoms with Crippen LogP contribution < -0.4 is 11.1 Å². The fourth-order valence-electron chi connectivity index (χ4n) is 0.874. The van der Waals surface area contributed by atoms with Gasteiger partial charge in [0.25, 0.3) is 0 Å². The molecule has 3 N–H and O–H groups in total. The van der Waals surface area contributed by atoms with Crippen molar-refractivity contribution in [2.75, 3.05) is 13.7 Å². The monoisotopic (exact) mass is 202 g/mol. The normalized spacial score (nSPS) is 15.3. The molecule has 2 unspecified atom stereocenters. The number of nitrogens with one attached hydrogen (secondary N) is 1. The van der Waals surface area contributed by atoms with Gasteiger partial charge in [-0.2, -0.15) is 0 Å². The number of nitrogens with two attached hydrogens (primary N) is 1. The van der Waals surface area contributed by atoms with Crippen molar-refractivity contribution in [2.45, 2.75) is 39.3 Å². The van der Waals surface area contributed by atoms with Crippen LogP contribution >= 0.6 is 0 Å². The molecule has 2 atom stereocenters. The number of carbonyl (C=O) groups is 1. The third-order valence-electron chi connectivity index (χ3n) is 2.34. The van der Waals surface area contributed by atoms with Crippen LogP contribution in [0.3, 0.4) is 0 Å². The fourth-order valence-corrected chi connectivity index (χ4v) is 0.874. The zero-order valence-electron chi connectivity index (χ0n) is 9.54. The van der Waals surface area contributed by atoms with E-state index in [1.807, 2.05) is 6.92 Å². The summed E-state index contributed by atoms with van der Waals surface area (Å²) in [6.07, 6.45) is 0.563. The highest BCUT2D eigenvalue weighted by molar-refractivity contribution is 5.81. The number of carbonyl (C=O) groups excluding carboxylic acids is 1. The molecule has 0 saturated heterocycles. The summed E-state index contributed by atoms with van der Waals surface area (Å²) in [5, 5.41) is 2.87. The maximum Gasteiger partial charge on any atom is 0.237 e. The number of amides is 1. The lowest BCUT2D eigenvalue weighted by molar-refractivity contribution is -0.123. The van der Waals surface area contributed by atoms with Crippen LogP contribution in [0.2, 0.25) is 0 Å². The lowest BCUT2D eigenvalue weighted by Crippen LogP contribution is -2.46.